The van der Waals surface area contributed by atoms with Crippen molar-refractivity contribution in [3.8, 4) is 17.0 Å². The van der Waals surface area contributed by atoms with Crippen molar-refractivity contribution in [3.63, 3.8) is 0 Å². The van der Waals surface area contributed by atoms with E-state index in [4.69, 9.17) is 9.15 Å². The molecule has 0 radical (unpaired) electrons. The van der Waals surface area contributed by atoms with E-state index < -0.39 is 0 Å². The first-order chi connectivity index (χ1) is 13.2. The van der Waals surface area contributed by atoms with Crippen LogP contribution in [0.3, 0.4) is 0 Å². The number of ether oxygens (including phenoxy) is 1. The molecule has 1 aromatic carbocycles. The summed E-state index contributed by atoms with van der Waals surface area (Å²) in [6.45, 7) is 5.15. The summed E-state index contributed by atoms with van der Waals surface area (Å²) in [4.78, 5) is 2.35. The highest BCUT2D eigenvalue weighted by Gasteiger charge is 2.22. The highest BCUT2D eigenvalue weighted by atomic mass is 16.5. The van der Waals surface area contributed by atoms with Gasteiger partial charge in [0.05, 0.1) is 24.5 Å². The van der Waals surface area contributed by atoms with Gasteiger partial charge in [0, 0.05) is 30.8 Å². The fourth-order valence-electron chi connectivity index (χ4n) is 3.60. The van der Waals surface area contributed by atoms with Gasteiger partial charge in [0.15, 0.2) is 0 Å². The van der Waals surface area contributed by atoms with Gasteiger partial charge in [-0.1, -0.05) is 0 Å². The lowest BCUT2D eigenvalue weighted by Crippen LogP contribution is -2.31. The van der Waals surface area contributed by atoms with Crippen LogP contribution in [0.5, 0.6) is 5.75 Å². The fourth-order valence-corrected chi connectivity index (χ4v) is 3.60. The third kappa shape index (κ3) is 4.40. The molecular formula is C21H25N3O3. The average Bonchev–Trinajstić information content (AvgIpc) is 3.39. The fraction of sp³-hybridized carbons (Fsp3) is 0.381. The molecular weight excluding hydrogens is 342 g/mol. The summed E-state index contributed by atoms with van der Waals surface area (Å²) in [6.07, 6.45) is 4.37. The second-order valence-electron chi connectivity index (χ2n) is 7.13. The summed E-state index contributed by atoms with van der Waals surface area (Å²) >= 11 is 0. The van der Waals surface area contributed by atoms with Gasteiger partial charge in [-0.2, -0.15) is 5.10 Å². The molecule has 6 heteroatoms. The Morgan fingerprint density at radius 1 is 1.19 bits per heavy atom. The summed E-state index contributed by atoms with van der Waals surface area (Å²) in [5.74, 6) is 2.14. The Morgan fingerprint density at radius 2 is 2.04 bits per heavy atom. The number of H-pyrrole nitrogens is 1. The van der Waals surface area contributed by atoms with Crippen molar-refractivity contribution in [2.45, 2.75) is 39.0 Å². The van der Waals surface area contributed by atoms with Crippen molar-refractivity contribution in [3.05, 3.63) is 59.7 Å². The molecule has 4 rings (SSSR count). The highest BCUT2D eigenvalue weighted by molar-refractivity contribution is 5.63. The lowest BCUT2D eigenvalue weighted by molar-refractivity contribution is 0.0654. The molecule has 1 fully saturated rings. The molecule has 2 aromatic heterocycles. The number of hydrogen-bond acceptors (Lipinski definition) is 5. The molecule has 1 aliphatic rings. The summed E-state index contributed by atoms with van der Waals surface area (Å²) in [5, 5.41) is 16.9. The summed E-state index contributed by atoms with van der Waals surface area (Å²) in [5.41, 5.74) is 3.09. The predicted octanol–water partition coefficient (Wildman–Crippen LogP) is 3.86. The third-order valence-corrected chi connectivity index (χ3v) is 4.93. The van der Waals surface area contributed by atoms with E-state index in [9.17, 15) is 5.11 Å². The van der Waals surface area contributed by atoms with E-state index in [0.717, 1.165) is 67.4 Å². The Kier molecular flexibility index (Phi) is 5.27. The molecule has 1 saturated heterocycles. The number of phenolic OH excluding ortho intramolecular Hbond substituents is 1. The molecule has 2 N–H and O–H groups in total. The number of furan rings is 1. The van der Waals surface area contributed by atoms with Crippen molar-refractivity contribution in [2.75, 3.05) is 13.2 Å². The maximum atomic E-state index is 9.54. The Balaban J connectivity index is 1.53. The molecule has 142 valence electrons. The number of nitrogens with one attached hydrogen (secondary N) is 1. The van der Waals surface area contributed by atoms with Crippen LogP contribution in [-0.2, 0) is 17.8 Å². The Hall–Kier alpha value is -2.57. The van der Waals surface area contributed by atoms with Gasteiger partial charge in [-0.25, -0.2) is 0 Å². The normalized spacial score (nSPS) is 17.0. The Labute approximate surface area is 158 Å². The minimum atomic E-state index is 0.257. The predicted molar refractivity (Wildman–Crippen MR) is 102 cm³/mol. The van der Waals surface area contributed by atoms with E-state index in [1.165, 1.54) is 0 Å². The number of nitrogens with zero attached hydrogens (tertiary/aromatic N) is 2. The molecule has 0 saturated carbocycles. The molecule has 0 aliphatic carbocycles. The SMILES string of the molecule is Cc1ccc(CN(Cc2cn[nH]c2-c2ccc(O)cc2)C[C@H]2CCCO2)o1. The third-order valence-electron chi connectivity index (χ3n) is 4.93. The van der Waals surface area contributed by atoms with Crippen LogP contribution in [0.15, 0.2) is 47.0 Å². The number of aromatic hydroxyl groups is 1. The van der Waals surface area contributed by atoms with Crippen LogP contribution >= 0.6 is 0 Å². The minimum absolute atomic E-state index is 0.257. The van der Waals surface area contributed by atoms with E-state index in [0.29, 0.717) is 0 Å². The maximum absolute atomic E-state index is 9.54. The molecule has 1 aliphatic heterocycles. The van der Waals surface area contributed by atoms with Crippen molar-refractivity contribution < 1.29 is 14.3 Å². The second-order valence-corrected chi connectivity index (χ2v) is 7.13. The zero-order valence-electron chi connectivity index (χ0n) is 15.5. The summed E-state index contributed by atoms with van der Waals surface area (Å²) in [6, 6.07) is 11.2. The summed E-state index contributed by atoms with van der Waals surface area (Å²) < 4.78 is 11.6. The Morgan fingerprint density at radius 3 is 2.74 bits per heavy atom. The molecule has 0 amide bonds. The number of aromatic nitrogens is 2. The first-order valence-electron chi connectivity index (χ1n) is 9.38. The van der Waals surface area contributed by atoms with Crippen LogP contribution < -0.4 is 0 Å². The Bertz CT molecular complexity index is 863. The van der Waals surface area contributed by atoms with Crippen molar-refractivity contribution in [2.24, 2.45) is 0 Å². The zero-order chi connectivity index (χ0) is 18.6. The number of benzene rings is 1. The molecule has 0 spiro atoms. The van der Waals surface area contributed by atoms with Crippen molar-refractivity contribution >= 4 is 0 Å². The number of hydrogen-bond donors (Lipinski definition) is 2. The molecule has 27 heavy (non-hydrogen) atoms. The van der Waals surface area contributed by atoms with E-state index in [1.807, 2.05) is 37.4 Å². The van der Waals surface area contributed by atoms with Crippen molar-refractivity contribution in [1.82, 2.24) is 15.1 Å². The van der Waals surface area contributed by atoms with Gasteiger partial charge in [0.2, 0.25) is 0 Å². The zero-order valence-corrected chi connectivity index (χ0v) is 15.5. The number of rotatable bonds is 7. The maximum Gasteiger partial charge on any atom is 0.118 e. The van der Waals surface area contributed by atoms with Gasteiger partial charge in [-0.3, -0.25) is 10.00 Å². The van der Waals surface area contributed by atoms with Crippen LogP contribution in [0.4, 0.5) is 0 Å². The number of phenols is 1. The number of aromatic amines is 1. The van der Waals surface area contributed by atoms with Crippen LogP contribution in [0.2, 0.25) is 0 Å². The molecule has 0 bridgehead atoms. The first kappa shape index (κ1) is 17.8. The molecule has 3 aromatic rings. The van der Waals surface area contributed by atoms with E-state index >= 15 is 0 Å². The topological polar surface area (TPSA) is 74.5 Å². The van der Waals surface area contributed by atoms with E-state index in [1.54, 1.807) is 12.1 Å². The largest absolute Gasteiger partial charge is 0.508 e. The highest BCUT2D eigenvalue weighted by Crippen LogP contribution is 2.25. The lowest BCUT2D eigenvalue weighted by Gasteiger charge is -2.24. The van der Waals surface area contributed by atoms with Crippen LogP contribution in [0.25, 0.3) is 11.3 Å². The molecule has 1 atom stereocenters. The van der Waals surface area contributed by atoms with Gasteiger partial charge < -0.3 is 14.3 Å². The monoisotopic (exact) mass is 367 g/mol. The van der Waals surface area contributed by atoms with E-state index in [-0.39, 0.29) is 11.9 Å². The average molecular weight is 367 g/mol. The van der Waals surface area contributed by atoms with Crippen LogP contribution in [-0.4, -0.2) is 39.5 Å². The standard InChI is InChI=1S/C21H25N3O3/c1-15-4-9-20(27-15)14-24(13-19-3-2-10-26-19)12-17-11-22-23-21(17)16-5-7-18(25)8-6-16/h4-9,11,19,25H,2-3,10,12-14H2,1H3,(H,22,23)/t19-/m1/s1. The van der Waals surface area contributed by atoms with E-state index in [2.05, 4.69) is 15.1 Å². The lowest BCUT2D eigenvalue weighted by atomic mass is 10.1. The quantitative estimate of drug-likeness (QED) is 0.663. The van der Waals surface area contributed by atoms with Crippen molar-refractivity contribution in [1.29, 1.82) is 0 Å². The summed E-state index contributed by atoms with van der Waals surface area (Å²) in [7, 11) is 0. The molecule has 3 heterocycles. The molecule has 0 unspecified atom stereocenters. The first-order valence-corrected chi connectivity index (χ1v) is 9.38. The minimum Gasteiger partial charge on any atom is -0.508 e. The van der Waals surface area contributed by atoms with Crippen LogP contribution in [0, 0.1) is 6.92 Å². The van der Waals surface area contributed by atoms with Gasteiger partial charge in [0.1, 0.15) is 17.3 Å². The second kappa shape index (κ2) is 7.98. The van der Waals surface area contributed by atoms with Gasteiger partial charge >= 0.3 is 0 Å². The van der Waals surface area contributed by atoms with Gasteiger partial charge in [-0.05, 0) is 56.2 Å². The number of aryl methyl sites for hydroxylation is 1. The molecule has 6 nitrogen and oxygen atoms in total. The smallest absolute Gasteiger partial charge is 0.118 e. The van der Waals surface area contributed by atoms with Gasteiger partial charge in [0.25, 0.3) is 0 Å². The van der Waals surface area contributed by atoms with Crippen LogP contribution in [0.1, 0.15) is 29.9 Å². The van der Waals surface area contributed by atoms with Gasteiger partial charge in [-0.15, -0.1) is 0 Å².